The largest absolute Gasteiger partial charge is 0.228 e. The first-order valence-electron chi connectivity index (χ1n) is 5.59. The van der Waals surface area contributed by atoms with Crippen molar-refractivity contribution in [1.82, 2.24) is 0 Å². The Morgan fingerprint density at radius 2 is 1.87 bits per heavy atom. The molecule has 0 saturated heterocycles. The van der Waals surface area contributed by atoms with Gasteiger partial charge in [0.25, 0.3) is 0 Å². The van der Waals surface area contributed by atoms with E-state index in [0.29, 0.717) is 0 Å². The number of hydrogen-bond acceptors (Lipinski definition) is 2. The van der Waals surface area contributed by atoms with Gasteiger partial charge in [-0.2, -0.15) is 0 Å². The third-order valence-electron chi connectivity index (χ3n) is 3.92. The second kappa shape index (κ2) is 3.74. The molecule has 0 radical (unpaired) electrons. The molecule has 3 nitrogen and oxygen atoms in total. The molecule has 1 aliphatic carbocycles. The van der Waals surface area contributed by atoms with E-state index in [1.165, 1.54) is 6.42 Å². The molecular weight excluding hydrogens is 210 g/mol. The van der Waals surface area contributed by atoms with Gasteiger partial charge < -0.3 is 0 Å². The van der Waals surface area contributed by atoms with Gasteiger partial charge in [0, 0.05) is 0 Å². The molecule has 1 aliphatic rings. The van der Waals surface area contributed by atoms with Crippen LogP contribution in [0.1, 0.15) is 53.4 Å². The summed E-state index contributed by atoms with van der Waals surface area (Å²) in [5, 5.41) is 5.30. The zero-order chi connectivity index (χ0) is 11.9. The van der Waals surface area contributed by atoms with Gasteiger partial charge >= 0.3 is 0 Å². The van der Waals surface area contributed by atoms with Crippen molar-refractivity contribution in [2.75, 3.05) is 0 Å². The Bertz CT molecular complexity index is 330. The van der Waals surface area contributed by atoms with Crippen molar-refractivity contribution < 1.29 is 8.42 Å². The maximum absolute atomic E-state index is 11.5. The summed E-state index contributed by atoms with van der Waals surface area (Å²) < 4.78 is 22.3. The van der Waals surface area contributed by atoms with Gasteiger partial charge in [-0.05, 0) is 44.4 Å². The van der Waals surface area contributed by atoms with Gasteiger partial charge in [-0.3, -0.25) is 0 Å². The smallest absolute Gasteiger partial charge is 0.214 e. The number of hydrogen-bond donors (Lipinski definition) is 1. The predicted octanol–water partition coefficient (Wildman–Crippen LogP) is 2.27. The van der Waals surface area contributed by atoms with Gasteiger partial charge in [0.1, 0.15) is 0 Å². The van der Waals surface area contributed by atoms with E-state index in [-0.39, 0.29) is 11.3 Å². The lowest BCUT2D eigenvalue weighted by atomic mass is 9.69. The summed E-state index contributed by atoms with van der Waals surface area (Å²) in [4.78, 5) is 0. The first-order valence-corrected chi connectivity index (χ1v) is 7.13. The fourth-order valence-corrected chi connectivity index (χ4v) is 3.19. The van der Waals surface area contributed by atoms with Crippen molar-refractivity contribution in [2.45, 2.75) is 58.1 Å². The minimum Gasteiger partial charge on any atom is -0.228 e. The number of sulfonamides is 1. The van der Waals surface area contributed by atoms with Gasteiger partial charge in [0.15, 0.2) is 0 Å². The second-order valence-corrected chi connectivity index (χ2v) is 8.25. The van der Waals surface area contributed by atoms with Crippen molar-refractivity contribution >= 4 is 10.0 Å². The van der Waals surface area contributed by atoms with E-state index in [2.05, 4.69) is 13.8 Å². The molecule has 1 rings (SSSR count). The fraction of sp³-hybridized carbons (Fsp3) is 1.00. The number of rotatable bonds is 2. The van der Waals surface area contributed by atoms with Crippen molar-refractivity contribution in [3.05, 3.63) is 0 Å². The van der Waals surface area contributed by atoms with Gasteiger partial charge in [0.2, 0.25) is 10.0 Å². The molecule has 15 heavy (non-hydrogen) atoms. The van der Waals surface area contributed by atoms with Crippen LogP contribution in [0.25, 0.3) is 0 Å². The second-order valence-electron chi connectivity index (χ2n) is 6.11. The molecule has 2 N–H and O–H groups in total. The first kappa shape index (κ1) is 13.0. The molecule has 0 spiro atoms. The van der Waals surface area contributed by atoms with Crippen LogP contribution in [0.3, 0.4) is 0 Å². The van der Waals surface area contributed by atoms with E-state index >= 15 is 0 Å². The standard InChI is InChI=1S/C11H23NO2S/c1-10(2)7-5-6-9(8-10)11(3,4)15(12,13)14/h9H,5-8H2,1-4H3,(H2,12,13,14). The highest BCUT2D eigenvalue weighted by molar-refractivity contribution is 7.90. The van der Waals surface area contributed by atoms with Crippen LogP contribution in [-0.2, 0) is 10.0 Å². The Balaban J connectivity index is 2.89. The SMILES string of the molecule is CC1(C)CCCC(C(C)(C)S(N)(=O)=O)C1. The lowest BCUT2D eigenvalue weighted by Crippen LogP contribution is -2.47. The maximum Gasteiger partial charge on any atom is 0.214 e. The van der Waals surface area contributed by atoms with Crippen LogP contribution in [0.5, 0.6) is 0 Å². The molecule has 0 aromatic rings. The molecule has 0 aliphatic heterocycles. The Morgan fingerprint density at radius 3 is 2.27 bits per heavy atom. The fourth-order valence-electron chi connectivity index (χ4n) is 2.52. The normalized spacial score (nSPS) is 27.7. The van der Waals surface area contributed by atoms with Crippen molar-refractivity contribution in [2.24, 2.45) is 16.5 Å². The van der Waals surface area contributed by atoms with Gasteiger partial charge in [-0.25, -0.2) is 13.6 Å². The molecule has 0 amide bonds. The molecule has 1 saturated carbocycles. The average molecular weight is 233 g/mol. The third kappa shape index (κ3) is 2.72. The van der Waals surface area contributed by atoms with Crippen LogP contribution >= 0.6 is 0 Å². The Kier molecular flexibility index (Phi) is 3.23. The molecule has 0 bridgehead atoms. The minimum absolute atomic E-state index is 0.191. The van der Waals surface area contributed by atoms with Crippen molar-refractivity contribution in [3.63, 3.8) is 0 Å². The van der Waals surface area contributed by atoms with Gasteiger partial charge in [0.05, 0.1) is 4.75 Å². The highest BCUT2D eigenvalue weighted by Crippen LogP contribution is 2.44. The summed E-state index contributed by atoms with van der Waals surface area (Å²) in [5.41, 5.74) is 0.255. The molecule has 4 heteroatoms. The van der Waals surface area contributed by atoms with Crippen LogP contribution in [0.15, 0.2) is 0 Å². The van der Waals surface area contributed by atoms with Gasteiger partial charge in [-0.15, -0.1) is 0 Å². The quantitative estimate of drug-likeness (QED) is 0.795. The molecule has 0 heterocycles. The minimum atomic E-state index is -3.45. The van der Waals surface area contributed by atoms with E-state index in [4.69, 9.17) is 5.14 Å². The molecular formula is C11H23NO2S. The molecule has 1 atom stereocenters. The number of nitrogens with two attached hydrogens (primary N) is 1. The molecule has 90 valence electrons. The summed E-state index contributed by atoms with van der Waals surface area (Å²) in [6.45, 7) is 7.93. The lowest BCUT2D eigenvalue weighted by Gasteiger charge is -2.42. The third-order valence-corrected chi connectivity index (χ3v) is 5.72. The van der Waals surface area contributed by atoms with Crippen LogP contribution in [-0.4, -0.2) is 13.2 Å². The summed E-state index contributed by atoms with van der Waals surface area (Å²) in [5.74, 6) is 0.191. The average Bonchev–Trinajstić information content (AvgIpc) is 2.00. The zero-order valence-electron chi connectivity index (χ0n) is 10.2. The van der Waals surface area contributed by atoms with Crippen LogP contribution in [0.2, 0.25) is 0 Å². The first-order chi connectivity index (χ1) is 6.56. The summed E-state index contributed by atoms with van der Waals surface area (Å²) >= 11 is 0. The predicted molar refractivity (Wildman–Crippen MR) is 62.9 cm³/mol. The molecule has 1 unspecified atom stereocenters. The van der Waals surface area contributed by atoms with E-state index < -0.39 is 14.8 Å². The van der Waals surface area contributed by atoms with Crippen LogP contribution in [0.4, 0.5) is 0 Å². The zero-order valence-corrected chi connectivity index (χ0v) is 11.0. The topological polar surface area (TPSA) is 60.2 Å². The summed E-state index contributed by atoms with van der Waals surface area (Å²) in [7, 11) is -3.45. The summed E-state index contributed by atoms with van der Waals surface area (Å²) in [6, 6.07) is 0. The number of primary sulfonamides is 1. The summed E-state index contributed by atoms with van der Waals surface area (Å²) in [6.07, 6.45) is 4.23. The van der Waals surface area contributed by atoms with Gasteiger partial charge in [-0.1, -0.05) is 20.3 Å². The highest BCUT2D eigenvalue weighted by atomic mass is 32.2. The molecule has 0 aromatic carbocycles. The Hall–Kier alpha value is -0.0900. The highest BCUT2D eigenvalue weighted by Gasteiger charge is 2.43. The van der Waals surface area contributed by atoms with E-state index in [9.17, 15) is 8.42 Å². The van der Waals surface area contributed by atoms with Crippen molar-refractivity contribution in [1.29, 1.82) is 0 Å². The van der Waals surface area contributed by atoms with Crippen molar-refractivity contribution in [3.8, 4) is 0 Å². The van der Waals surface area contributed by atoms with Crippen LogP contribution in [0, 0.1) is 11.3 Å². The molecule has 0 aromatic heterocycles. The Morgan fingerprint density at radius 1 is 1.33 bits per heavy atom. The maximum atomic E-state index is 11.5. The van der Waals surface area contributed by atoms with E-state index in [1.54, 1.807) is 13.8 Å². The van der Waals surface area contributed by atoms with E-state index in [1.807, 2.05) is 0 Å². The van der Waals surface area contributed by atoms with Crippen LogP contribution < -0.4 is 5.14 Å². The Labute approximate surface area is 93.5 Å². The monoisotopic (exact) mass is 233 g/mol. The lowest BCUT2D eigenvalue weighted by molar-refractivity contribution is 0.155. The van der Waals surface area contributed by atoms with E-state index in [0.717, 1.165) is 19.3 Å². The molecule has 1 fully saturated rings.